The topological polar surface area (TPSA) is 75.3 Å². The predicted octanol–water partition coefficient (Wildman–Crippen LogP) is 0.966. The highest BCUT2D eigenvalue weighted by molar-refractivity contribution is 7.91. The molecule has 0 saturated carbocycles. The van der Waals surface area contributed by atoms with Crippen molar-refractivity contribution in [3.05, 3.63) is 30.3 Å². The maximum absolute atomic E-state index is 12.1. The van der Waals surface area contributed by atoms with Gasteiger partial charge in [-0.1, -0.05) is 18.2 Å². The second-order valence-corrected chi connectivity index (χ2v) is 7.43. The van der Waals surface area contributed by atoms with Crippen molar-refractivity contribution < 1.29 is 13.2 Å². The molecule has 1 aliphatic rings. The highest BCUT2D eigenvalue weighted by Gasteiger charge is 2.20. The van der Waals surface area contributed by atoms with Crippen LogP contribution >= 0.6 is 0 Å². The lowest BCUT2D eigenvalue weighted by molar-refractivity contribution is -0.125. The number of nitrogens with one attached hydrogen (secondary N) is 2. The first-order valence-corrected chi connectivity index (χ1v) is 9.01. The molecule has 0 spiro atoms. The number of sulfone groups is 1. The van der Waals surface area contributed by atoms with E-state index in [0.29, 0.717) is 24.4 Å². The van der Waals surface area contributed by atoms with Gasteiger partial charge in [-0.05, 0) is 37.9 Å². The van der Waals surface area contributed by atoms with E-state index in [-0.39, 0.29) is 17.6 Å². The third kappa shape index (κ3) is 4.82. The van der Waals surface area contributed by atoms with Crippen molar-refractivity contribution in [3.63, 3.8) is 0 Å². The zero-order valence-corrected chi connectivity index (χ0v) is 12.9. The molecule has 1 fully saturated rings. The second kappa shape index (κ2) is 7.56. The van der Waals surface area contributed by atoms with Gasteiger partial charge in [0, 0.05) is 13.1 Å². The molecule has 21 heavy (non-hydrogen) atoms. The van der Waals surface area contributed by atoms with E-state index in [1.54, 1.807) is 30.3 Å². The Bertz CT molecular complexity index is 552. The standard InChI is InChI=1S/C15H22N2O3S/c18-15(13-6-4-9-16-12-13)17-10-5-11-21(19,20)14-7-2-1-3-8-14/h1-3,7-8,13,16H,4-6,9-12H2,(H,17,18). The monoisotopic (exact) mass is 310 g/mol. The summed E-state index contributed by atoms with van der Waals surface area (Å²) in [5.74, 6) is 0.101. The summed E-state index contributed by atoms with van der Waals surface area (Å²) in [4.78, 5) is 12.2. The van der Waals surface area contributed by atoms with Crippen molar-refractivity contribution in [2.24, 2.45) is 5.92 Å². The van der Waals surface area contributed by atoms with Gasteiger partial charge in [-0.15, -0.1) is 0 Å². The lowest BCUT2D eigenvalue weighted by Gasteiger charge is -2.21. The smallest absolute Gasteiger partial charge is 0.224 e. The van der Waals surface area contributed by atoms with Crippen molar-refractivity contribution in [1.29, 1.82) is 0 Å². The molecule has 1 amide bonds. The van der Waals surface area contributed by atoms with Crippen LogP contribution in [0.1, 0.15) is 19.3 Å². The Balaban J connectivity index is 1.73. The van der Waals surface area contributed by atoms with Crippen LogP contribution in [0.25, 0.3) is 0 Å². The van der Waals surface area contributed by atoms with E-state index in [9.17, 15) is 13.2 Å². The molecule has 1 aromatic rings. The summed E-state index contributed by atoms with van der Waals surface area (Å²) in [7, 11) is -3.25. The molecule has 2 rings (SSSR count). The lowest BCUT2D eigenvalue weighted by Crippen LogP contribution is -2.41. The fraction of sp³-hybridized carbons (Fsp3) is 0.533. The zero-order chi connectivity index (χ0) is 15.1. The Morgan fingerprint density at radius 1 is 1.29 bits per heavy atom. The van der Waals surface area contributed by atoms with Crippen molar-refractivity contribution in [2.75, 3.05) is 25.4 Å². The summed E-state index contributed by atoms with van der Waals surface area (Å²) in [6.07, 6.45) is 2.35. The summed E-state index contributed by atoms with van der Waals surface area (Å²) >= 11 is 0. The van der Waals surface area contributed by atoms with Crippen molar-refractivity contribution in [1.82, 2.24) is 10.6 Å². The minimum Gasteiger partial charge on any atom is -0.356 e. The lowest BCUT2D eigenvalue weighted by atomic mass is 9.99. The van der Waals surface area contributed by atoms with E-state index in [0.717, 1.165) is 19.4 Å². The minimum absolute atomic E-state index is 0.0180. The van der Waals surface area contributed by atoms with Gasteiger partial charge in [0.1, 0.15) is 0 Å². The average Bonchev–Trinajstić information content (AvgIpc) is 2.53. The van der Waals surface area contributed by atoms with Crippen LogP contribution in [-0.2, 0) is 14.6 Å². The van der Waals surface area contributed by atoms with Gasteiger partial charge >= 0.3 is 0 Å². The summed E-state index contributed by atoms with van der Waals surface area (Å²) in [5, 5.41) is 6.03. The molecule has 1 atom stereocenters. The van der Waals surface area contributed by atoms with E-state index in [4.69, 9.17) is 0 Å². The van der Waals surface area contributed by atoms with Crippen LogP contribution in [-0.4, -0.2) is 39.7 Å². The van der Waals surface area contributed by atoms with E-state index in [1.165, 1.54) is 0 Å². The van der Waals surface area contributed by atoms with Gasteiger partial charge in [0.25, 0.3) is 0 Å². The number of piperidine rings is 1. The van der Waals surface area contributed by atoms with Crippen LogP contribution in [0.2, 0.25) is 0 Å². The van der Waals surface area contributed by atoms with Gasteiger partial charge in [-0.3, -0.25) is 4.79 Å². The van der Waals surface area contributed by atoms with E-state index < -0.39 is 9.84 Å². The predicted molar refractivity (Wildman–Crippen MR) is 81.7 cm³/mol. The Morgan fingerprint density at radius 2 is 2.05 bits per heavy atom. The number of rotatable bonds is 6. The molecule has 0 aliphatic carbocycles. The molecule has 2 N–H and O–H groups in total. The van der Waals surface area contributed by atoms with Gasteiger partial charge in [-0.25, -0.2) is 8.42 Å². The van der Waals surface area contributed by atoms with Gasteiger partial charge < -0.3 is 10.6 Å². The molecule has 1 unspecified atom stereocenters. The highest BCUT2D eigenvalue weighted by atomic mass is 32.2. The van der Waals surface area contributed by atoms with Crippen LogP contribution in [0.15, 0.2) is 35.2 Å². The van der Waals surface area contributed by atoms with E-state index in [1.807, 2.05) is 0 Å². The maximum atomic E-state index is 12.1. The first-order chi connectivity index (χ1) is 10.1. The molecular weight excluding hydrogens is 288 g/mol. The molecule has 0 bridgehead atoms. The SMILES string of the molecule is O=C(NCCCS(=O)(=O)c1ccccc1)C1CCCNC1. The molecule has 5 nitrogen and oxygen atoms in total. The summed E-state index contributed by atoms with van der Waals surface area (Å²) in [5.41, 5.74) is 0. The minimum atomic E-state index is -3.25. The second-order valence-electron chi connectivity index (χ2n) is 5.32. The number of amides is 1. The number of carbonyl (C=O) groups is 1. The third-order valence-corrected chi connectivity index (χ3v) is 5.48. The molecule has 1 aromatic carbocycles. The summed E-state index contributed by atoms with van der Waals surface area (Å²) in [6, 6.07) is 8.41. The van der Waals surface area contributed by atoms with Crippen LogP contribution in [0.3, 0.4) is 0 Å². The van der Waals surface area contributed by atoms with Crippen molar-refractivity contribution in [3.8, 4) is 0 Å². The molecule has 1 heterocycles. The molecule has 6 heteroatoms. The van der Waals surface area contributed by atoms with Crippen LogP contribution in [0, 0.1) is 5.92 Å². The normalized spacial score (nSPS) is 19.1. The molecule has 1 saturated heterocycles. The molecule has 0 aromatic heterocycles. The largest absolute Gasteiger partial charge is 0.356 e. The number of carbonyl (C=O) groups excluding carboxylic acids is 1. The number of hydrogen-bond acceptors (Lipinski definition) is 4. The zero-order valence-electron chi connectivity index (χ0n) is 12.0. The summed E-state index contributed by atoms with van der Waals surface area (Å²) in [6.45, 7) is 2.09. The molecule has 0 radical (unpaired) electrons. The van der Waals surface area contributed by atoms with Crippen molar-refractivity contribution in [2.45, 2.75) is 24.2 Å². The Labute approximate surface area is 126 Å². The third-order valence-electron chi connectivity index (χ3n) is 3.66. The van der Waals surface area contributed by atoms with Crippen LogP contribution in [0.5, 0.6) is 0 Å². The average molecular weight is 310 g/mol. The van der Waals surface area contributed by atoms with E-state index >= 15 is 0 Å². The van der Waals surface area contributed by atoms with Crippen LogP contribution < -0.4 is 10.6 Å². The molecule has 116 valence electrons. The Hall–Kier alpha value is -1.40. The summed E-state index contributed by atoms with van der Waals surface area (Å²) < 4.78 is 24.1. The molecule has 1 aliphatic heterocycles. The maximum Gasteiger partial charge on any atom is 0.224 e. The first-order valence-electron chi connectivity index (χ1n) is 7.36. The number of hydrogen-bond donors (Lipinski definition) is 2. The Morgan fingerprint density at radius 3 is 2.71 bits per heavy atom. The van der Waals surface area contributed by atoms with Crippen LogP contribution in [0.4, 0.5) is 0 Å². The van der Waals surface area contributed by atoms with Gasteiger partial charge in [0.05, 0.1) is 16.6 Å². The quantitative estimate of drug-likeness (QED) is 0.768. The van der Waals surface area contributed by atoms with Crippen molar-refractivity contribution >= 4 is 15.7 Å². The first kappa shape index (κ1) is 16.0. The highest BCUT2D eigenvalue weighted by Crippen LogP contribution is 2.11. The number of benzene rings is 1. The van der Waals surface area contributed by atoms with E-state index in [2.05, 4.69) is 10.6 Å². The fourth-order valence-corrected chi connectivity index (χ4v) is 3.77. The fourth-order valence-electron chi connectivity index (χ4n) is 2.44. The Kier molecular flexibility index (Phi) is 5.76. The molecular formula is C15H22N2O3S. The van der Waals surface area contributed by atoms with Gasteiger partial charge in [-0.2, -0.15) is 0 Å². The van der Waals surface area contributed by atoms with Gasteiger partial charge in [0.2, 0.25) is 5.91 Å². The van der Waals surface area contributed by atoms with Gasteiger partial charge in [0.15, 0.2) is 9.84 Å².